The fourth-order valence-electron chi connectivity index (χ4n) is 8.58. The summed E-state index contributed by atoms with van der Waals surface area (Å²) in [6.45, 7) is 7.68. The molecule has 3 atom stereocenters. The van der Waals surface area contributed by atoms with E-state index >= 15 is 0 Å². The highest BCUT2D eigenvalue weighted by molar-refractivity contribution is 6.09. The van der Waals surface area contributed by atoms with Crippen molar-refractivity contribution in [1.82, 2.24) is 19.6 Å². The number of methoxy groups -OCH3 is 1. The number of benzene rings is 3. The second kappa shape index (κ2) is 13.6. The van der Waals surface area contributed by atoms with Crippen LogP contribution in [0.1, 0.15) is 43.4 Å². The standard InChI is InChI=1S/C38H48N6O5/c1-5-8-35(45)39-31-21-26(11-14-34(31)48-4)23-42-24-27-22-33(30-12-13-32(40(2)3)29-10-7-6-9-28(29)30)44-37(47)43(36(46)38(27,44)25-42)16-15-41-17-19-49-20-18-41/h6-7,9-14,21,27,33H,5,8,15-20,22-25H2,1-4H3,(H,39,45). The molecule has 4 saturated heterocycles. The van der Waals surface area contributed by atoms with E-state index in [0.717, 1.165) is 53.5 Å². The van der Waals surface area contributed by atoms with Gasteiger partial charge in [0.15, 0.2) is 0 Å². The summed E-state index contributed by atoms with van der Waals surface area (Å²) in [5.74, 6) is 0.473. The average molecular weight is 669 g/mol. The number of nitrogens with one attached hydrogen (secondary N) is 1. The molecule has 4 aliphatic rings. The third-order valence-corrected chi connectivity index (χ3v) is 10.9. The zero-order chi connectivity index (χ0) is 34.3. The van der Waals surface area contributed by atoms with Gasteiger partial charge in [-0.2, -0.15) is 0 Å². The van der Waals surface area contributed by atoms with Gasteiger partial charge in [-0.05, 0) is 47.6 Å². The Morgan fingerprint density at radius 2 is 1.80 bits per heavy atom. The summed E-state index contributed by atoms with van der Waals surface area (Å²) in [4.78, 5) is 51.9. The molecule has 260 valence electrons. The van der Waals surface area contributed by atoms with Gasteiger partial charge < -0.3 is 24.6 Å². The number of urea groups is 1. The summed E-state index contributed by atoms with van der Waals surface area (Å²) in [6, 6.07) is 18.2. The maximum Gasteiger partial charge on any atom is 0.328 e. The first-order valence-electron chi connectivity index (χ1n) is 17.6. The lowest BCUT2D eigenvalue weighted by molar-refractivity contribution is -0.133. The molecule has 49 heavy (non-hydrogen) atoms. The van der Waals surface area contributed by atoms with Gasteiger partial charge in [-0.3, -0.25) is 24.3 Å². The van der Waals surface area contributed by atoms with Crippen LogP contribution >= 0.6 is 0 Å². The van der Waals surface area contributed by atoms with Crippen LogP contribution in [0.5, 0.6) is 5.75 Å². The summed E-state index contributed by atoms with van der Waals surface area (Å²) in [5.41, 5.74) is 2.95. The number of morpholine rings is 1. The monoisotopic (exact) mass is 668 g/mol. The van der Waals surface area contributed by atoms with Crippen LogP contribution in [-0.2, 0) is 20.9 Å². The van der Waals surface area contributed by atoms with Crippen molar-refractivity contribution in [3.8, 4) is 5.75 Å². The first-order chi connectivity index (χ1) is 23.7. The molecule has 0 aromatic heterocycles. The first-order valence-corrected chi connectivity index (χ1v) is 17.6. The SMILES string of the molecule is CCCC(=O)Nc1cc(CN2CC3CC(c4ccc(N(C)C)c5ccccc45)N4C(=O)N(CCN5CCOCC5)C(=O)C34C2)ccc1OC. The number of fused-ring (bicyclic) bond motifs is 1. The van der Waals surface area contributed by atoms with Gasteiger partial charge in [0.1, 0.15) is 11.3 Å². The number of anilines is 2. The van der Waals surface area contributed by atoms with Gasteiger partial charge >= 0.3 is 6.03 Å². The third-order valence-electron chi connectivity index (χ3n) is 10.9. The minimum atomic E-state index is -0.932. The molecule has 4 amide bonds. The van der Waals surface area contributed by atoms with Crippen molar-refractivity contribution >= 4 is 40.0 Å². The number of ether oxygens (including phenoxy) is 2. The fraction of sp³-hybridized carbons (Fsp3) is 0.500. The Morgan fingerprint density at radius 3 is 2.53 bits per heavy atom. The minimum Gasteiger partial charge on any atom is -0.495 e. The molecule has 0 saturated carbocycles. The Hall–Kier alpha value is -4.19. The summed E-state index contributed by atoms with van der Waals surface area (Å²) in [7, 11) is 5.69. The summed E-state index contributed by atoms with van der Waals surface area (Å²) >= 11 is 0. The number of hydrogen-bond donors (Lipinski definition) is 1. The maximum absolute atomic E-state index is 14.7. The van der Waals surface area contributed by atoms with E-state index in [1.165, 1.54) is 4.90 Å². The molecule has 11 heteroatoms. The van der Waals surface area contributed by atoms with E-state index < -0.39 is 5.54 Å². The number of carbonyl (C=O) groups is 3. The van der Waals surface area contributed by atoms with Crippen molar-refractivity contribution in [3.63, 3.8) is 0 Å². The minimum absolute atomic E-state index is 0.0170. The molecular weight excluding hydrogens is 620 g/mol. The van der Waals surface area contributed by atoms with Crippen LogP contribution < -0.4 is 15.0 Å². The molecule has 11 nitrogen and oxygen atoms in total. The van der Waals surface area contributed by atoms with Gasteiger partial charge in [-0.15, -0.1) is 0 Å². The Bertz CT molecular complexity index is 1740. The second-order valence-corrected chi connectivity index (χ2v) is 14.1. The number of rotatable bonds is 11. The van der Waals surface area contributed by atoms with E-state index in [2.05, 4.69) is 56.4 Å². The van der Waals surface area contributed by atoms with E-state index in [0.29, 0.717) is 63.8 Å². The molecular formula is C38H48N6O5. The van der Waals surface area contributed by atoms with Crippen LogP contribution in [0.2, 0.25) is 0 Å². The lowest BCUT2D eigenvalue weighted by atomic mass is 9.87. The molecule has 4 fully saturated rings. The molecule has 7 rings (SSSR count). The number of carbonyl (C=O) groups excluding carboxylic acids is 3. The van der Waals surface area contributed by atoms with Gasteiger partial charge in [0.2, 0.25) is 5.91 Å². The van der Waals surface area contributed by atoms with Gasteiger partial charge in [0, 0.05) is 83.3 Å². The van der Waals surface area contributed by atoms with Crippen LogP contribution in [0.3, 0.4) is 0 Å². The number of likely N-dealkylation sites (tertiary alicyclic amines) is 1. The zero-order valence-corrected chi connectivity index (χ0v) is 29.1. The normalized spacial score (nSPS) is 24.1. The van der Waals surface area contributed by atoms with Gasteiger partial charge in [-0.25, -0.2) is 4.79 Å². The lowest BCUT2D eigenvalue weighted by Crippen LogP contribution is -2.51. The maximum atomic E-state index is 14.7. The first kappa shape index (κ1) is 33.3. The van der Waals surface area contributed by atoms with Crippen LogP contribution in [0.25, 0.3) is 10.8 Å². The van der Waals surface area contributed by atoms with Crippen LogP contribution in [0.15, 0.2) is 54.6 Å². The Kier molecular flexibility index (Phi) is 9.25. The molecule has 1 N–H and O–H groups in total. The quantitative estimate of drug-likeness (QED) is 0.297. The van der Waals surface area contributed by atoms with E-state index in [1.807, 2.05) is 44.1 Å². The Morgan fingerprint density at radius 1 is 1.02 bits per heavy atom. The molecule has 4 heterocycles. The number of nitrogens with zero attached hydrogens (tertiary/aromatic N) is 5. The predicted octanol–water partition coefficient (Wildman–Crippen LogP) is 4.57. The third kappa shape index (κ3) is 5.91. The number of amides is 4. The van der Waals surface area contributed by atoms with Crippen molar-refractivity contribution < 1.29 is 23.9 Å². The van der Waals surface area contributed by atoms with Gasteiger partial charge in [0.05, 0.1) is 32.1 Å². The van der Waals surface area contributed by atoms with E-state index in [1.54, 1.807) is 7.11 Å². The molecule has 4 aliphatic heterocycles. The van der Waals surface area contributed by atoms with Gasteiger partial charge in [0.25, 0.3) is 5.91 Å². The van der Waals surface area contributed by atoms with Crippen molar-refractivity contribution in [2.45, 2.75) is 44.3 Å². The van der Waals surface area contributed by atoms with E-state index in [9.17, 15) is 14.4 Å². The van der Waals surface area contributed by atoms with Crippen LogP contribution in [-0.4, -0.2) is 117 Å². The summed E-state index contributed by atoms with van der Waals surface area (Å²) in [6.07, 6.45) is 1.91. The smallest absolute Gasteiger partial charge is 0.328 e. The highest BCUT2D eigenvalue weighted by Crippen LogP contribution is 2.56. The predicted molar refractivity (Wildman–Crippen MR) is 190 cm³/mol. The molecule has 1 spiro atoms. The molecule has 0 bridgehead atoms. The van der Waals surface area contributed by atoms with Crippen molar-refractivity contribution in [3.05, 3.63) is 65.7 Å². The second-order valence-electron chi connectivity index (χ2n) is 14.1. The highest BCUT2D eigenvalue weighted by Gasteiger charge is 2.70. The summed E-state index contributed by atoms with van der Waals surface area (Å²) < 4.78 is 11.1. The van der Waals surface area contributed by atoms with E-state index in [-0.39, 0.29) is 29.8 Å². The summed E-state index contributed by atoms with van der Waals surface area (Å²) in [5, 5.41) is 5.26. The highest BCUT2D eigenvalue weighted by atomic mass is 16.5. The molecule has 0 radical (unpaired) electrons. The van der Waals surface area contributed by atoms with Gasteiger partial charge in [-0.1, -0.05) is 43.3 Å². The lowest BCUT2D eigenvalue weighted by Gasteiger charge is -2.33. The molecule has 0 aliphatic carbocycles. The van der Waals surface area contributed by atoms with Crippen molar-refractivity contribution in [2.24, 2.45) is 5.92 Å². The molecule has 3 aromatic carbocycles. The molecule has 3 unspecified atom stereocenters. The van der Waals surface area contributed by atoms with Crippen molar-refractivity contribution in [1.29, 1.82) is 0 Å². The number of imide groups is 1. The van der Waals surface area contributed by atoms with Crippen LogP contribution in [0.4, 0.5) is 16.2 Å². The largest absolute Gasteiger partial charge is 0.495 e. The Balaban J connectivity index is 1.20. The fourth-order valence-corrected chi connectivity index (χ4v) is 8.58. The van der Waals surface area contributed by atoms with Crippen LogP contribution in [0, 0.1) is 5.92 Å². The average Bonchev–Trinajstić information content (AvgIpc) is 3.67. The van der Waals surface area contributed by atoms with E-state index in [4.69, 9.17) is 9.47 Å². The molecule has 3 aromatic rings. The topological polar surface area (TPSA) is 97.9 Å². The van der Waals surface area contributed by atoms with Crippen molar-refractivity contribution in [2.75, 3.05) is 83.9 Å². The zero-order valence-electron chi connectivity index (χ0n) is 29.1. The number of hydrogen-bond acceptors (Lipinski definition) is 8. The Labute approximate surface area is 288 Å².